The van der Waals surface area contributed by atoms with Crippen LogP contribution in [0.2, 0.25) is 0 Å². The number of methoxy groups -OCH3 is 1. The Morgan fingerprint density at radius 3 is 1.92 bits per heavy atom. The van der Waals surface area contributed by atoms with Crippen LogP contribution in [0.5, 0.6) is 0 Å². The maximum atomic E-state index is 10.4. The van der Waals surface area contributed by atoms with E-state index in [1.807, 2.05) is 0 Å². The van der Waals surface area contributed by atoms with Gasteiger partial charge in [-0.15, -0.1) is 0 Å². The van der Waals surface area contributed by atoms with E-state index in [1.165, 1.54) is 0 Å². The third-order valence-corrected chi connectivity index (χ3v) is 0.941. The van der Waals surface area contributed by atoms with Crippen molar-refractivity contribution >= 4 is 18.0 Å². The van der Waals surface area contributed by atoms with Crippen LogP contribution in [-0.2, 0) is 14.3 Å². The lowest BCUT2D eigenvalue weighted by Crippen LogP contribution is -2.46. The van der Waals surface area contributed by atoms with Crippen molar-refractivity contribution in [2.45, 2.75) is 6.04 Å². The Morgan fingerprint density at radius 2 is 1.67 bits per heavy atom. The summed E-state index contributed by atoms with van der Waals surface area (Å²) in [6, 6.07) is -1.97. The Morgan fingerprint density at radius 1 is 1.25 bits per heavy atom. The molecule has 0 aromatic carbocycles. The number of carbonyl (C=O) groups excluding carboxylic acids is 1. The number of amides is 1. The Bertz CT molecular complexity index is 198. The number of carbonyl (C=O) groups is 3. The molecule has 0 radical (unpaired) electrons. The summed E-state index contributed by atoms with van der Waals surface area (Å²) in [5, 5.41) is 18.1. The fourth-order valence-electron chi connectivity index (χ4n) is 0.406. The van der Waals surface area contributed by atoms with Gasteiger partial charge in [-0.2, -0.15) is 0 Å². The second kappa shape index (κ2) is 4.16. The minimum Gasteiger partial charge on any atom is -0.479 e. The third kappa shape index (κ3) is 2.86. The molecule has 0 aromatic rings. The van der Waals surface area contributed by atoms with Crippen LogP contribution < -0.4 is 5.32 Å². The lowest BCUT2D eigenvalue weighted by molar-refractivity contribution is -0.150. The molecule has 0 aliphatic carbocycles. The molecule has 3 N–H and O–H groups in total. The highest BCUT2D eigenvalue weighted by Crippen LogP contribution is 1.85. The number of carboxylic acid groups (broad SMARTS) is 2. The van der Waals surface area contributed by atoms with Crippen LogP contribution in [0.3, 0.4) is 0 Å². The SMILES string of the molecule is COC(=O)NC(C(=O)O)C(=O)O. The van der Waals surface area contributed by atoms with Gasteiger partial charge in [0.1, 0.15) is 0 Å². The predicted octanol–water partition coefficient (Wildman–Crippen LogP) is -1.12. The summed E-state index contributed by atoms with van der Waals surface area (Å²) in [6.07, 6.45) is -1.11. The van der Waals surface area contributed by atoms with E-state index in [4.69, 9.17) is 10.2 Å². The van der Waals surface area contributed by atoms with Gasteiger partial charge in [0.2, 0.25) is 6.04 Å². The first-order chi connectivity index (χ1) is 5.49. The van der Waals surface area contributed by atoms with Crippen molar-refractivity contribution in [1.82, 2.24) is 5.32 Å². The van der Waals surface area contributed by atoms with Gasteiger partial charge in [-0.25, -0.2) is 14.4 Å². The first kappa shape index (κ1) is 10.2. The highest BCUT2D eigenvalue weighted by Gasteiger charge is 2.27. The van der Waals surface area contributed by atoms with Gasteiger partial charge < -0.3 is 14.9 Å². The molecule has 68 valence electrons. The molecule has 0 aliphatic heterocycles. The molecule has 0 aliphatic rings. The zero-order valence-corrected chi connectivity index (χ0v) is 6.10. The van der Waals surface area contributed by atoms with E-state index < -0.39 is 24.1 Å². The van der Waals surface area contributed by atoms with Gasteiger partial charge in [0, 0.05) is 0 Å². The summed E-state index contributed by atoms with van der Waals surface area (Å²) in [5.74, 6) is -3.32. The van der Waals surface area contributed by atoms with Gasteiger partial charge in [0.25, 0.3) is 0 Å². The average molecular weight is 177 g/mol. The normalized spacial score (nSPS) is 9.17. The van der Waals surface area contributed by atoms with Crippen LogP contribution in [-0.4, -0.2) is 41.4 Å². The summed E-state index contributed by atoms with van der Waals surface area (Å²) >= 11 is 0. The summed E-state index contributed by atoms with van der Waals surface area (Å²) in [5.41, 5.74) is 0. The van der Waals surface area contributed by atoms with E-state index in [0.717, 1.165) is 7.11 Å². The van der Waals surface area contributed by atoms with E-state index in [0.29, 0.717) is 0 Å². The predicted molar refractivity (Wildman–Crippen MR) is 34.6 cm³/mol. The largest absolute Gasteiger partial charge is 0.479 e. The Balaban J connectivity index is 4.24. The molecule has 0 fully saturated rings. The highest BCUT2D eigenvalue weighted by molar-refractivity contribution is 5.99. The summed E-state index contributed by atoms with van der Waals surface area (Å²) < 4.78 is 4.00. The number of hydrogen-bond acceptors (Lipinski definition) is 4. The average Bonchev–Trinajstić information content (AvgIpc) is 1.98. The molecule has 0 spiro atoms. The molecule has 0 unspecified atom stereocenters. The molecule has 1 amide bonds. The Hall–Kier alpha value is -1.79. The molecular formula is C5H7NO6. The highest BCUT2D eigenvalue weighted by atomic mass is 16.5. The van der Waals surface area contributed by atoms with E-state index >= 15 is 0 Å². The standard InChI is InChI=1S/C5H7NO6/c1-12-5(11)6-2(3(7)8)4(9)10/h2H,1H3,(H,6,11)(H,7,8)(H,9,10). The number of carboxylic acids is 2. The lowest BCUT2D eigenvalue weighted by atomic mass is 10.3. The monoisotopic (exact) mass is 177 g/mol. The van der Waals surface area contributed by atoms with E-state index in [1.54, 1.807) is 5.32 Å². The zero-order chi connectivity index (χ0) is 9.72. The first-order valence-electron chi connectivity index (χ1n) is 2.79. The second-order valence-corrected chi connectivity index (χ2v) is 1.75. The lowest BCUT2D eigenvalue weighted by Gasteiger charge is -2.07. The van der Waals surface area contributed by atoms with Crippen molar-refractivity contribution in [2.75, 3.05) is 7.11 Å². The minimum atomic E-state index is -1.97. The summed E-state index contributed by atoms with van der Waals surface area (Å²) in [4.78, 5) is 30.7. The van der Waals surface area contributed by atoms with Crippen molar-refractivity contribution in [3.8, 4) is 0 Å². The molecule has 12 heavy (non-hydrogen) atoms. The molecule has 0 saturated carbocycles. The number of hydrogen-bond donors (Lipinski definition) is 3. The molecule has 0 heterocycles. The van der Waals surface area contributed by atoms with Gasteiger partial charge in [-0.3, -0.25) is 5.32 Å². The van der Waals surface area contributed by atoms with Crippen molar-refractivity contribution in [3.63, 3.8) is 0 Å². The van der Waals surface area contributed by atoms with E-state index in [-0.39, 0.29) is 0 Å². The molecular weight excluding hydrogens is 170 g/mol. The smallest absolute Gasteiger partial charge is 0.408 e. The number of aliphatic carboxylic acids is 2. The van der Waals surface area contributed by atoms with Gasteiger partial charge in [-0.05, 0) is 0 Å². The molecule has 7 heteroatoms. The summed E-state index contributed by atoms with van der Waals surface area (Å²) in [7, 11) is 0.996. The fourth-order valence-corrected chi connectivity index (χ4v) is 0.406. The number of rotatable bonds is 3. The van der Waals surface area contributed by atoms with Crippen molar-refractivity contribution in [1.29, 1.82) is 0 Å². The van der Waals surface area contributed by atoms with Crippen LogP contribution in [0.1, 0.15) is 0 Å². The number of ether oxygens (including phenoxy) is 1. The van der Waals surface area contributed by atoms with E-state index in [9.17, 15) is 14.4 Å². The van der Waals surface area contributed by atoms with Gasteiger partial charge >= 0.3 is 18.0 Å². The van der Waals surface area contributed by atoms with Crippen LogP contribution >= 0.6 is 0 Å². The van der Waals surface area contributed by atoms with Gasteiger partial charge in [-0.1, -0.05) is 0 Å². The molecule has 0 rings (SSSR count). The van der Waals surface area contributed by atoms with Crippen molar-refractivity contribution in [2.24, 2.45) is 0 Å². The van der Waals surface area contributed by atoms with Gasteiger partial charge in [0.15, 0.2) is 0 Å². The molecule has 0 bridgehead atoms. The van der Waals surface area contributed by atoms with E-state index in [2.05, 4.69) is 4.74 Å². The number of nitrogens with one attached hydrogen (secondary N) is 1. The Kier molecular flexibility index (Phi) is 3.54. The maximum Gasteiger partial charge on any atom is 0.408 e. The van der Waals surface area contributed by atoms with Crippen LogP contribution in [0.15, 0.2) is 0 Å². The van der Waals surface area contributed by atoms with Crippen LogP contribution in [0, 0.1) is 0 Å². The zero-order valence-electron chi connectivity index (χ0n) is 6.10. The van der Waals surface area contributed by atoms with Crippen molar-refractivity contribution in [3.05, 3.63) is 0 Å². The van der Waals surface area contributed by atoms with Gasteiger partial charge in [0.05, 0.1) is 7.11 Å². The molecule has 0 atom stereocenters. The molecule has 0 saturated heterocycles. The minimum absolute atomic E-state index is 0.996. The second-order valence-electron chi connectivity index (χ2n) is 1.75. The Labute approximate surface area is 66.9 Å². The van der Waals surface area contributed by atoms with Crippen molar-refractivity contribution < 1.29 is 29.3 Å². The van der Waals surface area contributed by atoms with Crippen LogP contribution in [0.25, 0.3) is 0 Å². The first-order valence-corrected chi connectivity index (χ1v) is 2.79. The number of alkyl carbamates (subject to hydrolysis) is 1. The maximum absolute atomic E-state index is 10.4. The third-order valence-electron chi connectivity index (χ3n) is 0.941. The molecule has 0 aromatic heterocycles. The summed E-state index contributed by atoms with van der Waals surface area (Å²) in [6.45, 7) is 0. The van der Waals surface area contributed by atoms with Crippen LogP contribution in [0.4, 0.5) is 4.79 Å². The fraction of sp³-hybridized carbons (Fsp3) is 0.400. The quantitative estimate of drug-likeness (QED) is 0.470. The topological polar surface area (TPSA) is 113 Å². The molecule has 7 nitrogen and oxygen atoms in total.